The molecule has 0 heterocycles. The van der Waals surface area contributed by atoms with Crippen molar-refractivity contribution < 1.29 is 9.53 Å². The molecular weight excluding hydrogens is 104 g/mol. The van der Waals surface area contributed by atoms with Gasteiger partial charge < -0.3 is 4.74 Å². The van der Waals surface area contributed by atoms with Crippen LogP contribution in [0.15, 0.2) is 12.2 Å². The Morgan fingerprint density at radius 3 is 2.00 bits per heavy atom. The quantitative estimate of drug-likeness (QED) is 0.379. The molecule has 2 nitrogen and oxygen atoms in total. The van der Waals surface area contributed by atoms with Crippen LogP contribution in [-0.4, -0.2) is 13.1 Å². The standard InChI is InChI=1S/C5H8O2.CH3/c1-4(2)5(6)7-3;/h1H2,2-3H3;1H3. The number of esters is 1. The van der Waals surface area contributed by atoms with Crippen LogP contribution in [0.3, 0.4) is 0 Å². The maximum atomic E-state index is 10.2. The summed E-state index contributed by atoms with van der Waals surface area (Å²) in [4.78, 5) is 10.2. The molecule has 2 heteroatoms. The molecule has 0 aliphatic heterocycles. The minimum Gasteiger partial charge on any atom is -0.466 e. The highest BCUT2D eigenvalue weighted by atomic mass is 16.5. The van der Waals surface area contributed by atoms with Gasteiger partial charge in [-0.25, -0.2) is 4.79 Å². The first kappa shape index (κ1) is 10.2. The van der Waals surface area contributed by atoms with Gasteiger partial charge in [0, 0.05) is 5.57 Å². The van der Waals surface area contributed by atoms with E-state index in [0.717, 1.165) is 0 Å². The van der Waals surface area contributed by atoms with Gasteiger partial charge in [-0.1, -0.05) is 14.0 Å². The Bertz CT molecular complexity index is 94.7. The molecule has 8 heavy (non-hydrogen) atoms. The Hall–Kier alpha value is -0.790. The van der Waals surface area contributed by atoms with E-state index in [9.17, 15) is 4.79 Å². The third-order valence-corrected chi connectivity index (χ3v) is 0.534. The van der Waals surface area contributed by atoms with Crippen LogP contribution in [-0.2, 0) is 9.53 Å². The summed E-state index contributed by atoms with van der Waals surface area (Å²) in [5, 5.41) is 0. The number of hydrogen-bond donors (Lipinski definition) is 0. The fraction of sp³-hybridized carbons (Fsp3) is 0.333. The molecule has 0 aliphatic carbocycles. The lowest BCUT2D eigenvalue weighted by Gasteiger charge is -1.91. The highest BCUT2D eigenvalue weighted by Crippen LogP contribution is 1.87. The van der Waals surface area contributed by atoms with E-state index in [1.54, 1.807) is 6.92 Å². The fourth-order valence-electron chi connectivity index (χ4n) is 0.174. The largest absolute Gasteiger partial charge is 0.466 e. The number of methoxy groups -OCH3 is 1. The molecule has 0 aromatic carbocycles. The van der Waals surface area contributed by atoms with Crippen LogP contribution in [0, 0.1) is 7.43 Å². The molecule has 0 spiro atoms. The van der Waals surface area contributed by atoms with Crippen LogP contribution in [0.5, 0.6) is 0 Å². The van der Waals surface area contributed by atoms with Gasteiger partial charge in [0.25, 0.3) is 0 Å². The first-order chi connectivity index (χ1) is 3.18. The molecule has 0 rings (SSSR count). The number of carbonyl (C=O) groups is 1. The number of rotatable bonds is 1. The summed E-state index contributed by atoms with van der Waals surface area (Å²) >= 11 is 0. The van der Waals surface area contributed by atoms with E-state index in [2.05, 4.69) is 11.3 Å². The van der Waals surface area contributed by atoms with Crippen LogP contribution >= 0.6 is 0 Å². The van der Waals surface area contributed by atoms with Gasteiger partial charge in [0.05, 0.1) is 7.11 Å². The van der Waals surface area contributed by atoms with Crippen molar-refractivity contribution in [2.45, 2.75) is 6.92 Å². The zero-order valence-corrected chi connectivity index (χ0v) is 5.52. The summed E-state index contributed by atoms with van der Waals surface area (Å²) in [5.74, 6) is -0.347. The molecule has 0 aromatic rings. The summed E-state index contributed by atoms with van der Waals surface area (Å²) in [6.45, 7) is 4.95. The summed E-state index contributed by atoms with van der Waals surface area (Å²) < 4.78 is 4.27. The highest BCUT2D eigenvalue weighted by Gasteiger charge is 1.95. The zero-order valence-electron chi connectivity index (χ0n) is 5.52. The van der Waals surface area contributed by atoms with Gasteiger partial charge in [-0.05, 0) is 6.92 Å². The molecular formula is C6H11O2. The maximum Gasteiger partial charge on any atom is 0.332 e. The van der Waals surface area contributed by atoms with E-state index in [1.807, 2.05) is 0 Å². The molecule has 0 aromatic heterocycles. The molecule has 0 saturated carbocycles. The Kier molecular flexibility index (Phi) is 5.60. The number of carbonyl (C=O) groups excluding carboxylic acids is 1. The lowest BCUT2D eigenvalue weighted by atomic mass is 10.4. The smallest absolute Gasteiger partial charge is 0.332 e. The van der Waals surface area contributed by atoms with Crippen molar-refractivity contribution >= 4 is 5.97 Å². The predicted molar refractivity (Wildman–Crippen MR) is 33.2 cm³/mol. The van der Waals surface area contributed by atoms with Crippen LogP contribution < -0.4 is 0 Å². The summed E-state index contributed by atoms with van der Waals surface area (Å²) in [7, 11) is 1.33. The Morgan fingerprint density at radius 2 is 2.00 bits per heavy atom. The van der Waals surface area contributed by atoms with Crippen LogP contribution in [0.1, 0.15) is 6.92 Å². The Labute approximate surface area is 50.2 Å². The average molecular weight is 115 g/mol. The van der Waals surface area contributed by atoms with Crippen molar-refractivity contribution in [1.29, 1.82) is 0 Å². The second-order valence-electron chi connectivity index (χ2n) is 1.27. The van der Waals surface area contributed by atoms with E-state index in [1.165, 1.54) is 7.11 Å². The maximum absolute atomic E-state index is 10.2. The normalized spacial score (nSPS) is 6.75. The molecule has 0 aliphatic rings. The predicted octanol–water partition coefficient (Wildman–Crippen LogP) is 1.19. The minimum absolute atomic E-state index is 0. The van der Waals surface area contributed by atoms with Crippen LogP contribution in [0.25, 0.3) is 0 Å². The lowest BCUT2D eigenvalue weighted by molar-refractivity contribution is -0.135. The third kappa shape index (κ3) is 3.40. The van der Waals surface area contributed by atoms with Gasteiger partial charge in [-0.15, -0.1) is 0 Å². The van der Waals surface area contributed by atoms with Crippen molar-refractivity contribution in [1.82, 2.24) is 0 Å². The fourth-order valence-corrected chi connectivity index (χ4v) is 0.174. The van der Waals surface area contributed by atoms with Crippen molar-refractivity contribution in [3.05, 3.63) is 19.6 Å². The molecule has 0 saturated heterocycles. The van der Waals surface area contributed by atoms with E-state index < -0.39 is 0 Å². The third-order valence-electron chi connectivity index (χ3n) is 0.534. The molecule has 47 valence electrons. The first-order valence-corrected chi connectivity index (χ1v) is 1.92. The van der Waals surface area contributed by atoms with Gasteiger partial charge in [-0.2, -0.15) is 0 Å². The second-order valence-corrected chi connectivity index (χ2v) is 1.27. The van der Waals surface area contributed by atoms with Gasteiger partial charge in [0.2, 0.25) is 0 Å². The molecule has 0 N–H and O–H groups in total. The molecule has 0 amide bonds. The average Bonchev–Trinajstić information content (AvgIpc) is 1.65. The molecule has 1 radical (unpaired) electrons. The summed E-state index contributed by atoms with van der Waals surface area (Å²) in [6.07, 6.45) is 0. The Balaban J connectivity index is 0. The van der Waals surface area contributed by atoms with Crippen LogP contribution in [0.2, 0.25) is 0 Å². The second kappa shape index (κ2) is 4.37. The first-order valence-electron chi connectivity index (χ1n) is 1.92. The minimum atomic E-state index is -0.347. The molecule has 0 fully saturated rings. The van der Waals surface area contributed by atoms with Gasteiger partial charge in [0.15, 0.2) is 0 Å². The SMILES string of the molecule is C=C(C)C(=O)OC.[CH3]. The summed E-state index contributed by atoms with van der Waals surface area (Å²) in [6, 6.07) is 0. The number of hydrogen-bond acceptors (Lipinski definition) is 2. The monoisotopic (exact) mass is 115 g/mol. The molecule has 0 bridgehead atoms. The van der Waals surface area contributed by atoms with Crippen molar-refractivity contribution in [2.24, 2.45) is 0 Å². The molecule has 0 atom stereocenters. The van der Waals surface area contributed by atoms with Gasteiger partial charge in [0.1, 0.15) is 0 Å². The van der Waals surface area contributed by atoms with Crippen molar-refractivity contribution in [2.75, 3.05) is 7.11 Å². The van der Waals surface area contributed by atoms with Crippen molar-refractivity contribution in [3.63, 3.8) is 0 Å². The van der Waals surface area contributed by atoms with E-state index in [-0.39, 0.29) is 13.4 Å². The zero-order chi connectivity index (χ0) is 5.86. The highest BCUT2D eigenvalue weighted by molar-refractivity contribution is 5.86. The van der Waals surface area contributed by atoms with Gasteiger partial charge >= 0.3 is 5.97 Å². The Morgan fingerprint density at radius 1 is 1.62 bits per heavy atom. The summed E-state index contributed by atoms with van der Waals surface area (Å²) in [5.41, 5.74) is 0.433. The number of ether oxygens (including phenoxy) is 1. The topological polar surface area (TPSA) is 26.3 Å². The van der Waals surface area contributed by atoms with Crippen LogP contribution in [0.4, 0.5) is 0 Å². The van der Waals surface area contributed by atoms with E-state index in [4.69, 9.17) is 0 Å². The van der Waals surface area contributed by atoms with E-state index in [0.29, 0.717) is 5.57 Å². The van der Waals surface area contributed by atoms with Crippen molar-refractivity contribution in [3.8, 4) is 0 Å². The molecule has 0 unspecified atom stereocenters. The van der Waals surface area contributed by atoms with E-state index >= 15 is 0 Å². The van der Waals surface area contributed by atoms with Gasteiger partial charge in [-0.3, -0.25) is 0 Å². The lowest BCUT2D eigenvalue weighted by Crippen LogP contribution is -1.98.